The van der Waals surface area contributed by atoms with Crippen molar-refractivity contribution in [2.75, 3.05) is 39.6 Å². The van der Waals surface area contributed by atoms with Gasteiger partial charge in [-0.2, -0.15) is 0 Å². The molecule has 0 aliphatic heterocycles. The molecule has 0 aliphatic carbocycles. The molecule has 0 aromatic rings. The summed E-state index contributed by atoms with van der Waals surface area (Å²) in [6.07, 6.45) is 73.5. The highest BCUT2D eigenvalue weighted by atomic mass is 31.2. The summed E-state index contributed by atoms with van der Waals surface area (Å²) in [7, 11) is -9.92. The highest BCUT2D eigenvalue weighted by Crippen LogP contribution is 2.45. The number of aliphatic hydroxyl groups excluding tert-OH is 1. The third kappa shape index (κ3) is 78.2. The Bertz CT molecular complexity index is 1960. The number of ether oxygens (including phenoxy) is 4. The number of aliphatic hydroxyl groups is 1. The molecule has 0 saturated heterocycles. The summed E-state index contributed by atoms with van der Waals surface area (Å²) in [5, 5.41) is 10.7. The molecule has 0 saturated carbocycles. The van der Waals surface area contributed by atoms with E-state index in [-0.39, 0.29) is 25.7 Å². The number of carbonyl (C=O) groups is 4. The van der Waals surface area contributed by atoms with E-state index in [0.717, 1.165) is 89.9 Å². The number of rotatable bonds is 86. The maximum absolute atomic E-state index is 13.1. The van der Waals surface area contributed by atoms with Crippen LogP contribution in [0, 0.1) is 0 Å². The van der Waals surface area contributed by atoms with Crippen molar-refractivity contribution in [3.63, 3.8) is 0 Å². The van der Waals surface area contributed by atoms with Crippen molar-refractivity contribution in [2.24, 2.45) is 0 Å². The molecular formula is C85H166O17P2. The lowest BCUT2D eigenvalue weighted by atomic mass is 10.0. The van der Waals surface area contributed by atoms with Gasteiger partial charge in [0.05, 0.1) is 26.4 Å². The molecule has 0 heterocycles. The third-order valence-corrected chi connectivity index (χ3v) is 22.0. The Morgan fingerprint density at radius 1 is 0.231 bits per heavy atom. The number of hydrogen-bond acceptors (Lipinski definition) is 15. The Morgan fingerprint density at radius 3 is 0.567 bits per heavy atom. The predicted molar refractivity (Wildman–Crippen MR) is 428 cm³/mol. The fourth-order valence-electron chi connectivity index (χ4n) is 13.3. The van der Waals surface area contributed by atoms with Crippen LogP contribution in [-0.4, -0.2) is 96.7 Å². The fraction of sp³-hybridized carbons (Fsp3) is 0.953. The largest absolute Gasteiger partial charge is 0.472 e. The molecule has 2 unspecified atom stereocenters. The lowest BCUT2D eigenvalue weighted by Gasteiger charge is -2.21. The van der Waals surface area contributed by atoms with Crippen LogP contribution in [0.4, 0.5) is 0 Å². The monoisotopic (exact) mass is 1520 g/mol. The summed E-state index contributed by atoms with van der Waals surface area (Å²) in [6.45, 7) is 5.05. The van der Waals surface area contributed by atoms with Crippen molar-refractivity contribution in [3.8, 4) is 0 Å². The molecule has 0 amide bonds. The fourth-order valence-corrected chi connectivity index (χ4v) is 14.9. The second-order valence-electron chi connectivity index (χ2n) is 30.6. The molecule has 0 fully saturated rings. The SMILES string of the molecule is CCCCCCCCCCCCCCCCCCCCCCCC(=O)O[C@H](COC(=O)CCCCCCCCCCCCCCCCCCC)COP(=O)(O)OC[C@@H](O)COP(=O)(O)OC[C@@H](COC(=O)CCCCCCCCCCCCC)OC(=O)CCCCCCCCCCCCCCCCC. The first-order valence-corrected chi connectivity index (χ1v) is 47.3. The number of carbonyl (C=O) groups excluding carboxylic acids is 4. The molecule has 618 valence electrons. The topological polar surface area (TPSA) is 237 Å². The summed E-state index contributed by atoms with van der Waals surface area (Å²) in [6, 6.07) is 0. The van der Waals surface area contributed by atoms with E-state index in [1.54, 1.807) is 0 Å². The van der Waals surface area contributed by atoms with Crippen molar-refractivity contribution in [3.05, 3.63) is 0 Å². The summed E-state index contributed by atoms with van der Waals surface area (Å²) in [5.74, 6) is -2.10. The summed E-state index contributed by atoms with van der Waals surface area (Å²) in [4.78, 5) is 73.2. The second kappa shape index (κ2) is 79.2. The first-order chi connectivity index (χ1) is 50.7. The van der Waals surface area contributed by atoms with Crippen LogP contribution in [0.15, 0.2) is 0 Å². The minimum Gasteiger partial charge on any atom is -0.462 e. The molecule has 0 radical (unpaired) electrons. The smallest absolute Gasteiger partial charge is 0.462 e. The first-order valence-electron chi connectivity index (χ1n) is 44.3. The van der Waals surface area contributed by atoms with E-state index in [1.807, 2.05) is 0 Å². The zero-order chi connectivity index (χ0) is 76.0. The number of unbranched alkanes of at least 4 members (excludes halogenated alkanes) is 60. The van der Waals surface area contributed by atoms with Gasteiger partial charge >= 0.3 is 39.5 Å². The average Bonchev–Trinajstić information content (AvgIpc) is 0.935. The number of phosphoric ester groups is 2. The summed E-state index contributed by atoms with van der Waals surface area (Å²) < 4.78 is 68.9. The van der Waals surface area contributed by atoms with Gasteiger partial charge in [0, 0.05) is 25.7 Å². The molecule has 0 aromatic heterocycles. The lowest BCUT2D eigenvalue weighted by Crippen LogP contribution is -2.30. The van der Waals surface area contributed by atoms with E-state index in [0.29, 0.717) is 25.7 Å². The van der Waals surface area contributed by atoms with Gasteiger partial charge in [-0.3, -0.25) is 37.3 Å². The third-order valence-electron chi connectivity index (χ3n) is 20.1. The molecule has 0 rings (SSSR count). The molecule has 0 bridgehead atoms. The van der Waals surface area contributed by atoms with Gasteiger partial charge in [0.15, 0.2) is 12.2 Å². The Morgan fingerprint density at radius 2 is 0.385 bits per heavy atom. The van der Waals surface area contributed by atoms with E-state index in [1.165, 1.54) is 295 Å². The van der Waals surface area contributed by atoms with E-state index < -0.39 is 97.5 Å². The second-order valence-corrected chi connectivity index (χ2v) is 33.5. The van der Waals surface area contributed by atoms with Gasteiger partial charge in [0.25, 0.3) is 0 Å². The van der Waals surface area contributed by atoms with Crippen molar-refractivity contribution in [2.45, 2.75) is 483 Å². The maximum Gasteiger partial charge on any atom is 0.472 e. The average molecular weight is 1520 g/mol. The van der Waals surface area contributed by atoms with Crippen molar-refractivity contribution >= 4 is 39.5 Å². The van der Waals surface area contributed by atoms with E-state index in [9.17, 15) is 43.2 Å². The molecule has 3 N–H and O–H groups in total. The Hall–Kier alpha value is -1.94. The van der Waals surface area contributed by atoms with Crippen LogP contribution in [-0.2, 0) is 65.4 Å². The zero-order valence-electron chi connectivity index (χ0n) is 68.0. The molecule has 104 heavy (non-hydrogen) atoms. The summed E-state index contributed by atoms with van der Waals surface area (Å²) >= 11 is 0. The molecule has 19 heteroatoms. The van der Waals surface area contributed by atoms with Gasteiger partial charge in [0.2, 0.25) is 0 Å². The first kappa shape index (κ1) is 102. The number of esters is 4. The van der Waals surface area contributed by atoms with Gasteiger partial charge in [-0.05, 0) is 25.7 Å². The Kier molecular flexibility index (Phi) is 77.7. The van der Waals surface area contributed by atoms with Gasteiger partial charge in [-0.25, -0.2) is 9.13 Å². The van der Waals surface area contributed by atoms with Crippen molar-refractivity contribution < 1.29 is 80.2 Å². The molecule has 0 spiro atoms. The van der Waals surface area contributed by atoms with Crippen molar-refractivity contribution in [1.29, 1.82) is 0 Å². The minimum absolute atomic E-state index is 0.109. The number of hydrogen-bond donors (Lipinski definition) is 3. The van der Waals surface area contributed by atoms with Gasteiger partial charge in [-0.1, -0.05) is 413 Å². The van der Waals surface area contributed by atoms with Gasteiger partial charge < -0.3 is 33.8 Å². The normalized spacial score (nSPS) is 13.7. The molecule has 17 nitrogen and oxygen atoms in total. The summed E-state index contributed by atoms with van der Waals surface area (Å²) in [5.41, 5.74) is 0. The predicted octanol–water partition coefficient (Wildman–Crippen LogP) is 26.1. The minimum atomic E-state index is -4.96. The van der Waals surface area contributed by atoms with E-state index >= 15 is 0 Å². The lowest BCUT2D eigenvalue weighted by molar-refractivity contribution is -0.161. The Labute approximate surface area is 638 Å². The van der Waals surface area contributed by atoms with Gasteiger partial charge in [-0.15, -0.1) is 0 Å². The molecule has 0 aromatic carbocycles. The zero-order valence-corrected chi connectivity index (χ0v) is 69.8. The maximum atomic E-state index is 13.1. The van der Waals surface area contributed by atoms with Crippen LogP contribution in [0.25, 0.3) is 0 Å². The van der Waals surface area contributed by atoms with Gasteiger partial charge in [0.1, 0.15) is 19.3 Å². The van der Waals surface area contributed by atoms with Crippen LogP contribution in [0.2, 0.25) is 0 Å². The van der Waals surface area contributed by atoms with Crippen LogP contribution >= 0.6 is 15.6 Å². The van der Waals surface area contributed by atoms with Crippen LogP contribution in [0.5, 0.6) is 0 Å². The highest BCUT2D eigenvalue weighted by Gasteiger charge is 2.30. The molecule has 0 aliphatic rings. The molecular weight excluding hydrogens is 1350 g/mol. The quantitative estimate of drug-likeness (QED) is 0.0222. The van der Waals surface area contributed by atoms with E-state index in [2.05, 4.69) is 27.7 Å². The molecule has 5 atom stereocenters. The Balaban J connectivity index is 5.23. The van der Waals surface area contributed by atoms with Crippen LogP contribution in [0.3, 0.4) is 0 Å². The number of phosphoric acid groups is 2. The highest BCUT2D eigenvalue weighted by molar-refractivity contribution is 7.47. The standard InChI is InChI=1S/C85H166O17P2/c1-5-9-13-17-21-25-29-32-35-37-38-39-40-42-45-48-52-56-60-64-68-72-85(90)102-81(76-96-83(88)70-66-62-58-54-50-46-44-41-36-33-30-26-22-18-14-10-6-2)78-100-104(93,94)98-74-79(86)73-97-103(91,92)99-77-80(75-95-82(87)69-65-61-57-53-49-28-24-20-16-12-8-4)101-84(89)71-67-63-59-55-51-47-43-34-31-27-23-19-15-11-7-3/h79-81,86H,5-78H2,1-4H3,(H,91,92)(H,93,94)/t79-,80+,81+/m0/s1. The van der Waals surface area contributed by atoms with Crippen molar-refractivity contribution in [1.82, 2.24) is 0 Å². The van der Waals surface area contributed by atoms with Crippen LogP contribution < -0.4 is 0 Å². The van der Waals surface area contributed by atoms with E-state index in [4.69, 9.17) is 37.0 Å². The van der Waals surface area contributed by atoms with Crippen LogP contribution in [0.1, 0.15) is 464 Å².